The van der Waals surface area contributed by atoms with E-state index >= 15 is 0 Å². The van der Waals surface area contributed by atoms with Gasteiger partial charge in [0.15, 0.2) is 0 Å². The van der Waals surface area contributed by atoms with Crippen molar-refractivity contribution in [3.8, 4) is 5.75 Å². The van der Waals surface area contributed by atoms with Crippen LogP contribution in [-0.2, 0) is 19.5 Å². The molecule has 1 aliphatic rings. The number of methoxy groups -OCH3 is 1. The zero-order valence-corrected chi connectivity index (χ0v) is 11.8. The molecule has 2 aromatic rings. The first-order valence-corrected chi connectivity index (χ1v) is 6.85. The van der Waals surface area contributed by atoms with Crippen LogP contribution in [0.5, 0.6) is 5.75 Å². The smallest absolute Gasteiger partial charge is 0.325 e. The van der Waals surface area contributed by atoms with Gasteiger partial charge in [-0.25, -0.2) is 4.79 Å². The Labute approximate surface area is 121 Å². The first kappa shape index (κ1) is 13.6. The SMILES string of the molecule is COc1ccc(CN2CCc3[nH]c(=O)[nH]c(=O)c3C2)cc1. The summed E-state index contributed by atoms with van der Waals surface area (Å²) in [5.74, 6) is 0.830. The third-order valence-electron chi connectivity index (χ3n) is 3.75. The lowest BCUT2D eigenvalue weighted by molar-refractivity contribution is 0.241. The first-order chi connectivity index (χ1) is 10.2. The van der Waals surface area contributed by atoms with Gasteiger partial charge in [-0.1, -0.05) is 12.1 Å². The van der Waals surface area contributed by atoms with E-state index in [1.807, 2.05) is 24.3 Å². The van der Waals surface area contributed by atoms with E-state index in [0.717, 1.165) is 24.5 Å². The summed E-state index contributed by atoms with van der Waals surface area (Å²) < 4.78 is 5.14. The Kier molecular flexibility index (Phi) is 3.62. The number of aromatic nitrogens is 2. The number of fused-ring (bicyclic) bond motifs is 1. The predicted molar refractivity (Wildman–Crippen MR) is 78.5 cm³/mol. The number of nitrogens with one attached hydrogen (secondary N) is 2. The highest BCUT2D eigenvalue weighted by Gasteiger charge is 2.20. The van der Waals surface area contributed by atoms with Crippen molar-refractivity contribution >= 4 is 0 Å². The van der Waals surface area contributed by atoms with Crippen molar-refractivity contribution in [2.24, 2.45) is 0 Å². The van der Waals surface area contributed by atoms with Crippen LogP contribution < -0.4 is 16.0 Å². The monoisotopic (exact) mass is 287 g/mol. The standard InChI is InChI=1S/C15H17N3O3/c1-21-11-4-2-10(3-5-11)8-18-7-6-13-12(9-18)14(19)17-15(20)16-13/h2-5H,6-9H2,1H3,(H2,16,17,19,20). The van der Waals surface area contributed by atoms with Gasteiger partial charge < -0.3 is 9.72 Å². The van der Waals surface area contributed by atoms with Gasteiger partial charge in [-0.15, -0.1) is 0 Å². The molecule has 6 nitrogen and oxygen atoms in total. The number of hydrogen-bond donors (Lipinski definition) is 2. The highest BCUT2D eigenvalue weighted by molar-refractivity contribution is 5.27. The molecule has 0 saturated carbocycles. The lowest BCUT2D eigenvalue weighted by Gasteiger charge is -2.27. The molecule has 0 aliphatic carbocycles. The van der Waals surface area contributed by atoms with Crippen LogP contribution in [0.15, 0.2) is 33.9 Å². The van der Waals surface area contributed by atoms with Crippen LogP contribution >= 0.6 is 0 Å². The van der Waals surface area contributed by atoms with Crippen LogP contribution in [0.25, 0.3) is 0 Å². The predicted octanol–water partition coefficient (Wildman–Crippen LogP) is 0.630. The molecule has 0 radical (unpaired) electrons. The normalized spacial score (nSPS) is 14.7. The van der Waals surface area contributed by atoms with E-state index in [1.165, 1.54) is 5.56 Å². The number of nitrogens with zero attached hydrogens (tertiary/aromatic N) is 1. The lowest BCUT2D eigenvalue weighted by atomic mass is 10.1. The van der Waals surface area contributed by atoms with Crippen LogP contribution in [0, 0.1) is 0 Å². The van der Waals surface area contributed by atoms with E-state index in [4.69, 9.17) is 4.74 Å². The highest BCUT2D eigenvalue weighted by Crippen LogP contribution is 2.17. The third kappa shape index (κ3) is 2.90. The minimum atomic E-state index is -0.428. The molecule has 0 bridgehead atoms. The molecule has 110 valence electrons. The van der Waals surface area contributed by atoms with Gasteiger partial charge in [-0.2, -0.15) is 0 Å². The fourth-order valence-corrected chi connectivity index (χ4v) is 2.64. The maximum atomic E-state index is 11.8. The van der Waals surface area contributed by atoms with Crippen molar-refractivity contribution in [3.63, 3.8) is 0 Å². The zero-order chi connectivity index (χ0) is 14.8. The van der Waals surface area contributed by atoms with Crippen LogP contribution in [0.2, 0.25) is 0 Å². The Balaban J connectivity index is 1.76. The second-order valence-corrected chi connectivity index (χ2v) is 5.17. The molecule has 1 aromatic carbocycles. The topological polar surface area (TPSA) is 78.2 Å². The van der Waals surface area contributed by atoms with Gasteiger partial charge in [0.25, 0.3) is 5.56 Å². The summed E-state index contributed by atoms with van der Waals surface area (Å²) in [7, 11) is 1.64. The van der Waals surface area contributed by atoms with Crippen LogP contribution in [0.3, 0.4) is 0 Å². The van der Waals surface area contributed by atoms with E-state index < -0.39 is 5.69 Å². The fraction of sp³-hybridized carbons (Fsp3) is 0.333. The van der Waals surface area contributed by atoms with E-state index in [2.05, 4.69) is 14.9 Å². The molecule has 0 saturated heterocycles. The number of H-pyrrole nitrogens is 2. The average molecular weight is 287 g/mol. The van der Waals surface area contributed by atoms with Crippen molar-refractivity contribution in [2.45, 2.75) is 19.5 Å². The molecule has 2 heterocycles. The molecular formula is C15H17N3O3. The van der Waals surface area contributed by atoms with Gasteiger partial charge in [-0.05, 0) is 17.7 Å². The number of aromatic amines is 2. The van der Waals surface area contributed by atoms with Crippen molar-refractivity contribution in [2.75, 3.05) is 13.7 Å². The Hall–Kier alpha value is -2.34. The average Bonchev–Trinajstić information content (AvgIpc) is 2.48. The van der Waals surface area contributed by atoms with Crippen molar-refractivity contribution in [1.82, 2.24) is 14.9 Å². The van der Waals surface area contributed by atoms with E-state index in [-0.39, 0.29) is 5.56 Å². The molecule has 1 aromatic heterocycles. The number of ether oxygens (including phenoxy) is 1. The van der Waals surface area contributed by atoms with Gasteiger partial charge >= 0.3 is 5.69 Å². The Morgan fingerprint density at radius 2 is 1.95 bits per heavy atom. The molecule has 1 aliphatic heterocycles. The fourth-order valence-electron chi connectivity index (χ4n) is 2.64. The summed E-state index contributed by atoms with van der Waals surface area (Å²) >= 11 is 0. The molecule has 0 amide bonds. The molecule has 0 fully saturated rings. The van der Waals surface area contributed by atoms with E-state index in [9.17, 15) is 9.59 Å². The van der Waals surface area contributed by atoms with Crippen molar-refractivity contribution in [3.05, 3.63) is 61.9 Å². The van der Waals surface area contributed by atoms with Crippen LogP contribution in [0.1, 0.15) is 16.8 Å². The largest absolute Gasteiger partial charge is 0.497 e. The van der Waals surface area contributed by atoms with E-state index in [0.29, 0.717) is 18.5 Å². The number of hydrogen-bond acceptors (Lipinski definition) is 4. The Morgan fingerprint density at radius 3 is 2.67 bits per heavy atom. The summed E-state index contributed by atoms with van der Waals surface area (Å²) in [5, 5.41) is 0. The quantitative estimate of drug-likeness (QED) is 0.868. The highest BCUT2D eigenvalue weighted by atomic mass is 16.5. The van der Waals surface area contributed by atoms with E-state index in [1.54, 1.807) is 7.11 Å². The van der Waals surface area contributed by atoms with Gasteiger partial charge in [0.1, 0.15) is 5.75 Å². The molecule has 0 spiro atoms. The molecular weight excluding hydrogens is 270 g/mol. The second-order valence-electron chi connectivity index (χ2n) is 5.17. The third-order valence-corrected chi connectivity index (χ3v) is 3.75. The molecule has 2 N–H and O–H groups in total. The van der Waals surface area contributed by atoms with Gasteiger partial charge in [-0.3, -0.25) is 14.7 Å². The lowest BCUT2D eigenvalue weighted by Crippen LogP contribution is -2.38. The molecule has 3 rings (SSSR count). The first-order valence-electron chi connectivity index (χ1n) is 6.85. The summed E-state index contributed by atoms with van der Waals surface area (Å²) in [6.45, 7) is 2.13. The summed E-state index contributed by atoms with van der Waals surface area (Å²) in [5.41, 5.74) is 1.87. The van der Waals surface area contributed by atoms with Gasteiger partial charge in [0, 0.05) is 31.7 Å². The van der Waals surface area contributed by atoms with Gasteiger partial charge in [0.2, 0.25) is 0 Å². The van der Waals surface area contributed by atoms with Crippen molar-refractivity contribution < 1.29 is 4.74 Å². The summed E-state index contributed by atoms with van der Waals surface area (Å²) in [6.07, 6.45) is 0.685. The number of rotatable bonds is 3. The maximum Gasteiger partial charge on any atom is 0.325 e. The number of benzene rings is 1. The zero-order valence-electron chi connectivity index (χ0n) is 11.8. The Bertz CT molecular complexity index is 746. The Morgan fingerprint density at radius 1 is 1.19 bits per heavy atom. The van der Waals surface area contributed by atoms with Gasteiger partial charge in [0.05, 0.1) is 12.7 Å². The minimum absolute atomic E-state index is 0.284. The summed E-state index contributed by atoms with van der Waals surface area (Å²) in [6, 6.07) is 7.89. The molecule has 21 heavy (non-hydrogen) atoms. The molecule has 6 heteroatoms. The summed E-state index contributed by atoms with van der Waals surface area (Å²) in [4.78, 5) is 30.3. The van der Waals surface area contributed by atoms with Crippen LogP contribution in [0.4, 0.5) is 0 Å². The molecule has 0 atom stereocenters. The molecule has 0 unspecified atom stereocenters. The maximum absolute atomic E-state index is 11.8. The van der Waals surface area contributed by atoms with Crippen LogP contribution in [-0.4, -0.2) is 28.5 Å². The minimum Gasteiger partial charge on any atom is -0.497 e. The second kappa shape index (κ2) is 5.57. The van der Waals surface area contributed by atoms with Crippen molar-refractivity contribution in [1.29, 1.82) is 0 Å².